The third kappa shape index (κ3) is 1.96. The highest BCUT2D eigenvalue weighted by Gasteiger charge is 2.07. The lowest BCUT2D eigenvalue weighted by molar-refractivity contribution is 0.404. The van der Waals surface area contributed by atoms with Gasteiger partial charge in [0.15, 0.2) is 17.3 Å². The minimum absolute atomic E-state index is 0.165. The largest absolute Gasteiger partial charge is 0.504 e. The molecule has 0 aliphatic heterocycles. The number of nitrogens with two attached hydrogens (primary N) is 1. The Bertz CT molecular complexity index is 495. The Morgan fingerprint density at radius 1 is 1.25 bits per heavy atom. The molecule has 0 saturated carbocycles. The molecule has 2 rings (SSSR count). The second-order valence-electron chi connectivity index (χ2n) is 3.35. The smallest absolute Gasteiger partial charge is 0.181 e. The molecular formula is C10H12N4O2. The van der Waals surface area contributed by atoms with Crippen LogP contribution in [-0.4, -0.2) is 31.9 Å². The molecule has 6 heteroatoms. The molecule has 84 valence electrons. The molecule has 0 bridgehead atoms. The Hall–Kier alpha value is -2.08. The van der Waals surface area contributed by atoms with Gasteiger partial charge < -0.3 is 15.9 Å². The first-order chi connectivity index (χ1) is 7.70. The van der Waals surface area contributed by atoms with E-state index < -0.39 is 0 Å². The molecule has 1 aromatic carbocycles. The van der Waals surface area contributed by atoms with Gasteiger partial charge in [-0.3, -0.25) is 5.10 Å². The predicted octanol–water partition coefficient (Wildman–Crippen LogP) is 0.384. The molecule has 0 saturated heterocycles. The number of phenolic OH excluding ortho intramolecular Hbond substituents is 2. The van der Waals surface area contributed by atoms with E-state index in [1.807, 2.05) is 0 Å². The number of rotatable bonds is 3. The zero-order chi connectivity index (χ0) is 11.5. The van der Waals surface area contributed by atoms with Gasteiger partial charge in [-0.2, -0.15) is 5.10 Å². The number of H-pyrrole nitrogens is 1. The van der Waals surface area contributed by atoms with Crippen molar-refractivity contribution in [2.75, 3.05) is 6.54 Å². The Labute approximate surface area is 91.8 Å². The topological polar surface area (TPSA) is 108 Å². The summed E-state index contributed by atoms with van der Waals surface area (Å²) in [6, 6.07) is 4.43. The third-order valence-corrected chi connectivity index (χ3v) is 2.15. The van der Waals surface area contributed by atoms with Gasteiger partial charge in [0.25, 0.3) is 0 Å². The molecule has 0 fully saturated rings. The molecule has 0 aliphatic carbocycles. The van der Waals surface area contributed by atoms with E-state index in [4.69, 9.17) is 10.8 Å². The number of hydrogen-bond donors (Lipinski definition) is 4. The highest BCUT2D eigenvalue weighted by molar-refractivity contribution is 5.60. The average Bonchev–Trinajstić information content (AvgIpc) is 2.71. The van der Waals surface area contributed by atoms with Crippen LogP contribution in [0, 0.1) is 0 Å². The zero-order valence-electron chi connectivity index (χ0n) is 8.51. The fourth-order valence-corrected chi connectivity index (χ4v) is 1.34. The summed E-state index contributed by atoms with van der Waals surface area (Å²) in [5.41, 5.74) is 6.03. The van der Waals surface area contributed by atoms with Crippen molar-refractivity contribution in [2.45, 2.75) is 6.42 Å². The molecule has 0 spiro atoms. The van der Waals surface area contributed by atoms with E-state index >= 15 is 0 Å². The Morgan fingerprint density at radius 3 is 2.75 bits per heavy atom. The highest BCUT2D eigenvalue weighted by atomic mass is 16.3. The second-order valence-corrected chi connectivity index (χ2v) is 3.35. The maximum absolute atomic E-state index is 9.34. The van der Waals surface area contributed by atoms with Gasteiger partial charge in [-0.25, -0.2) is 4.98 Å². The molecule has 1 heterocycles. The summed E-state index contributed by atoms with van der Waals surface area (Å²) in [4.78, 5) is 4.20. The van der Waals surface area contributed by atoms with Gasteiger partial charge >= 0.3 is 0 Å². The maximum atomic E-state index is 9.34. The summed E-state index contributed by atoms with van der Waals surface area (Å²) in [6.45, 7) is 0.495. The van der Waals surface area contributed by atoms with E-state index in [-0.39, 0.29) is 11.5 Å². The van der Waals surface area contributed by atoms with Crippen molar-refractivity contribution in [1.82, 2.24) is 15.2 Å². The summed E-state index contributed by atoms with van der Waals surface area (Å²) in [7, 11) is 0. The molecule has 0 atom stereocenters. The van der Waals surface area contributed by atoms with Crippen molar-refractivity contribution >= 4 is 0 Å². The Kier molecular flexibility index (Phi) is 2.74. The SMILES string of the molecule is NCCc1nc(-c2ccc(O)c(O)c2)n[nH]1. The van der Waals surface area contributed by atoms with Crippen LogP contribution in [0.5, 0.6) is 11.5 Å². The number of aromatic amines is 1. The van der Waals surface area contributed by atoms with Gasteiger partial charge in [-0.15, -0.1) is 0 Å². The van der Waals surface area contributed by atoms with Crippen LogP contribution >= 0.6 is 0 Å². The van der Waals surface area contributed by atoms with Crippen molar-refractivity contribution in [3.05, 3.63) is 24.0 Å². The summed E-state index contributed by atoms with van der Waals surface area (Å²) in [5, 5.41) is 25.2. The minimum atomic E-state index is -0.192. The molecule has 2 aromatic rings. The van der Waals surface area contributed by atoms with Crippen molar-refractivity contribution < 1.29 is 10.2 Å². The monoisotopic (exact) mass is 220 g/mol. The fourth-order valence-electron chi connectivity index (χ4n) is 1.34. The van der Waals surface area contributed by atoms with Crippen LogP contribution in [0.2, 0.25) is 0 Å². The lowest BCUT2D eigenvalue weighted by Crippen LogP contribution is -2.03. The first kappa shape index (κ1) is 10.4. The zero-order valence-corrected chi connectivity index (χ0v) is 8.51. The summed E-state index contributed by atoms with van der Waals surface area (Å²) < 4.78 is 0. The van der Waals surface area contributed by atoms with Crippen molar-refractivity contribution in [1.29, 1.82) is 0 Å². The van der Waals surface area contributed by atoms with Crippen LogP contribution in [-0.2, 0) is 6.42 Å². The van der Waals surface area contributed by atoms with E-state index in [1.54, 1.807) is 6.07 Å². The van der Waals surface area contributed by atoms with Crippen LogP contribution in [0.4, 0.5) is 0 Å². The van der Waals surface area contributed by atoms with Gasteiger partial charge in [-0.05, 0) is 24.7 Å². The molecule has 1 aromatic heterocycles. The molecule has 0 aliphatic rings. The number of aromatic hydroxyl groups is 2. The van der Waals surface area contributed by atoms with Gasteiger partial charge in [0, 0.05) is 12.0 Å². The average molecular weight is 220 g/mol. The van der Waals surface area contributed by atoms with Crippen molar-refractivity contribution in [2.24, 2.45) is 5.73 Å². The number of hydrogen-bond acceptors (Lipinski definition) is 5. The first-order valence-corrected chi connectivity index (χ1v) is 4.84. The van der Waals surface area contributed by atoms with Gasteiger partial charge in [0.05, 0.1) is 0 Å². The van der Waals surface area contributed by atoms with E-state index in [9.17, 15) is 5.11 Å². The maximum Gasteiger partial charge on any atom is 0.181 e. The number of aromatic nitrogens is 3. The Morgan fingerprint density at radius 2 is 2.06 bits per heavy atom. The van der Waals surface area contributed by atoms with Crippen molar-refractivity contribution in [3.8, 4) is 22.9 Å². The van der Waals surface area contributed by atoms with Gasteiger partial charge in [0.2, 0.25) is 0 Å². The minimum Gasteiger partial charge on any atom is -0.504 e. The van der Waals surface area contributed by atoms with E-state index in [0.29, 0.717) is 30.2 Å². The highest BCUT2D eigenvalue weighted by Crippen LogP contribution is 2.28. The molecule has 6 nitrogen and oxygen atoms in total. The summed E-state index contributed by atoms with van der Waals surface area (Å²) in [6.07, 6.45) is 0.622. The summed E-state index contributed by atoms with van der Waals surface area (Å²) >= 11 is 0. The normalized spacial score (nSPS) is 10.6. The molecule has 0 unspecified atom stereocenters. The number of nitrogens with zero attached hydrogens (tertiary/aromatic N) is 2. The number of nitrogens with one attached hydrogen (secondary N) is 1. The van der Waals surface area contributed by atoms with Gasteiger partial charge in [-0.1, -0.05) is 0 Å². The van der Waals surface area contributed by atoms with Crippen LogP contribution in [0.3, 0.4) is 0 Å². The third-order valence-electron chi connectivity index (χ3n) is 2.15. The van der Waals surface area contributed by atoms with Gasteiger partial charge in [0.1, 0.15) is 5.82 Å². The summed E-state index contributed by atoms with van der Waals surface area (Å²) in [5.74, 6) is 0.813. The lowest BCUT2D eigenvalue weighted by Gasteiger charge is -1.98. The molecule has 5 N–H and O–H groups in total. The van der Waals surface area contributed by atoms with Crippen LogP contribution in [0.25, 0.3) is 11.4 Å². The van der Waals surface area contributed by atoms with Crippen molar-refractivity contribution in [3.63, 3.8) is 0 Å². The Balaban J connectivity index is 2.31. The lowest BCUT2D eigenvalue weighted by atomic mass is 10.2. The fraction of sp³-hybridized carbons (Fsp3) is 0.200. The molecule has 0 radical (unpaired) electrons. The predicted molar refractivity (Wildman–Crippen MR) is 57.9 cm³/mol. The van der Waals surface area contributed by atoms with E-state index in [1.165, 1.54) is 12.1 Å². The molecule has 0 amide bonds. The molecule has 16 heavy (non-hydrogen) atoms. The van der Waals surface area contributed by atoms with Crippen LogP contribution < -0.4 is 5.73 Å². The molecular weight excluding hydrogens is 208 g/mol. The number of benzene rings is 1. The van der Waals surface area contributed by atoms with E-state index in [2.05, 4.69) is 15.2 Å². The quantitative estimate of drug-likeness (QED) is 0.559. The number of phenols is 2. The first-order valence-electron chi connectivity index (χ1n) is 4.84. The van der Waals surface area contributed by atoms with Crippen LogP contribution in [0.1, 0.15) is 5.82 Å². The van der Waals surface area contributed by atoms with Crippen LogP contribution in [0.15, 0.2) is 18.2 Å². The van der Waals surface area contributed by atoms with E-state index in [0.717, 1.165) is 0 Å². The second kappa shape index (κ2) is 4.19. The standard InChI is InChI=1S/C10H12N4O2/c11-4-3-9-12-10(14-13-9)6-1-2-7(15)8(16)5-6/h1-2,5,15-16H,3-4,11H2,(H,12,13,14).